The van der Waals surface area contributed by atoms with E-state index < -0.39 is 0 Å². The average molecular weight is 299 g/mol. The summed E-state index contributed by atoms with van der Waals surface area (Å²) in [4.78, 5) is 0. The van der Waals surface area contributed by atoms with Gasteiger partial charge < -0.3 is 5.73 Å². The van der Waals surface area contributed by atoms with Crippen molar-refractivity contribution in [2.24, 2.45) is 0 Å². The van der Waals surface area contributed by atoms with Crippen LogP contribution in [0, 0.1) is 18.6 Å². The molecule has 84 valence electrons. The zero-order valence-corrected chi connectivity index (χ0v) is 11.3. The first-order chi connectivity index (χ1) is 7.50. The lowest BCUT2D eigenvalue weighted by molar-refractivity contribution is 1.01. The lowest BCUT2D eigenvalue weighted by atomic mass is 10.1. The second-order valence-corrected chi connectivity index (χ2v) is 4.91. The van der Waals surface area contributed by atoms with E-state index in [0.717, 1.165) is 21.3 Å². The lowest BCUT2D eigenvalue weighted by Gasteiger charge is -2.11. The number of hydrogen-bond acceptors (Lipinski definition) is 3. The molecule has 0 aliphatic rings. The maximum Gasteiger partial charge on any atom is 0.225 e. The molecule has 0 bridgehead atoms. The summed E-state index contributed by atoms with van der Waals surface area (Å²) >= 11 is 8.62. The molecule has 4 nitrogen and oxygen atoms in total. The summed E-state index contributed by atoms with van der Waals surface area (Å²) < 4.78 is 3.29. The van der Waals surface area contributed by atoms with Gasteiger partial charge in [-0.05, 0) is 49.3 Å². The Morgan fingerprint density at radius 3 is 2.38 bits per heavy atom. The van der Waals surface area contributed by atoms with Crippen molar-refractivity contribution < 1.29 is 0 Å². The van der Waals surface area contributed by atoms with E-state index in [-0.39, 0.29) is 0 Å². The number of nitrogens with two attached hydrogens (primary N) is 1. The maximum atomic E-state index is 5.79. The fourth-order valence-electron chi connectivity index (χ4n) is 1.78. The minimum absolute atomic E-state index is 0.374. The Labute approximate surface area is 107 Å². The van der Waals surface area contributed by atoms with Crippen LogP contribution in [0.5, 0.6) is 0 Å². The number of benzene rings is 1. The molecule has 0 amide bonds. The van der Waals surface area contributed by atoms with Crippen LogP contribution in [0.4, 0.5) is 5.95 Å². The summed E-state index contributed by atoms with van der Waals surface area (Å²) in [6.45, 7) is 4.03. The van der Waals surface area contributed by atoms with Gasteiger partial charge in [-0.25, -0.2) is 5.10 Å². The molecule has 6 heteroatoms. The van der Waals surface area contributed by atoms with Crippen molar-refractivity contribution in [1.82, 2.24) is 14.8 Å². The van der Waals surface area contributed by atoms with Gasteiger partial charge >= 0.3 is 0 Å². The zero-order chi connectivity index (χ0) is 11.9. The molecule has 16 heavy (non-hydrogen) atoms. The Morgan fingerprint density at radius 2 is 1.94 bits per heavy atom. The largest absolute Gasteiger partial charge is 0.368 e. The Hall–Kier alpha value is -1.14. The van der Waals surface area contributed by atoms with E-state index in [1.807, 2.05) is 26.0 Å². The van der Waals surface area contributed by atoms with Gasteiger partial charge in [-0.2, -0.15) is 0 Å². The van der Waals surface area contributed by atoms with Crippen molar-refractivity contribution in [2.75, 3.05) is 5.73 Å². The van der Waals surface area contributed by atoms with Crippen LogP contribution in [-0.4, -0.2) is 14.8 Å². The highest BCUT2D eigenvalue weighted by Gasteiger charge is 2.11. The molecule has 0 aliphatic carbocycles. The van der Waals surface area contributed by atoms with Crippen molar-refractivity contribution in [1.29, 1.82) is 0 Å². The standard InChI is InChI=1S/C10H11BrN4S/c1-5-3-7(11)4-6(2)8(5)15-9(12)13-14-10(15)16/h3-4H,1-2H3,(H2,12,13)(H,14,16). The highest BCUT2D eigenvalue weighted by molar-refractivity contribution is 9.10. The third-order valence-electron chi connectivity index (χ3n) is 2.38. The smallest absolute Gasteiger partial charge is 0.225 e. The third-order valence-corrected chi connectivity index (χ3v) is 3.11. The molecule has 0 saturated heterocycles. The highest BCUT2D eigenvalue weighted by Crippen LogP contribution is 2.25. The van der Waals surface area contributed by atoms with Gasteiger partial charge in [0.15, 0.2) is 0 Å². The van der Waals surface area contributed by atoms with Crippen LogP contribution >= 0.6 is 28.1 Å². The molecule has 0 unspecified atom stereocenters. The summed E-state index contributed by atoms with van der Waals surface area (Å²) in [5, 5.41) is 6.59. The average Bonchev–Trinajstić information content (AvgIpc) is 2.47. The van der Waals surface area contributed by atoms with E-state index in [1.165, 1.54) is 0 Å². The van der Waals surface area contributed by atoms with Crippen LogP contribution in [0.2, 0.25) is 0 Å². The molecule has 3 N–H and O–H groups in total. The molecule has 0 fully saturated rings. The number of nitrogens with zero attached hydrogens (tertiary/aromatic N) is 2. The first kappa shape index (κ1) is 11.3. The van der Waals surface area contributed by atoms with Crippen LogP contribution in [-0.2, 0) is 0 Å². The van der Waals surface area contributed by atoms with Crippen molar-refractivity contribution in [3.05, 3.63) is 32.5 Å². The van der Waals surface area contributed by atoms with Gasteiger partial charge in [-0.1, -0.05) is 15.9 Å². The molecule has 0 aliphatic heterocycles. The summed E-state index contributed by atoms with van der Waals surface area (Å²) in [5.41, 5.74) is 8.96. The van der Waals surface area contributed by atoms with Gasteiger partial charge in [0, 0.05) is 4.47 Å². The molecule has 0 atom stereocenters. The Balaban J connectivity index is 2.79. The third kappa shape index (κ3) is 1.78. The van der Waals surface area contributed by atoms with E-state index in [2.05, 4.69) is 26.1 Å². The predicted molar refractivity (Wildman–Crippen MR) is 70.3 cm³/mol. The first-order valence-corrected chi connectivity index (χ1v) is 5.91. The van der Waals surface area contributed by atoms with Crippen LogP contribution in [0.1, 0.15) is 11.1 Å². The van der Waals surface area contributed by atoms with Crippen LogP contribution in [0.25, 0.3) is 5.69 Å². The topological polar surface area (TPSA) is 59.6 Å². The Morgan fingerprint density at radius 1 is 1.38 bits per heavy atom. The molecular formula is C10H11BrN4S. The quantitative estimate of drug-likeness (QED) is 0.796. The van der Waals surface area contributed by atoms with Crippen LogP contribution in [0.15, 0.2) is 16.6 Å². The van der Waals surface area contributed by atoms with Gasteiger partial charge in [-0.15, -0.1) is 5.10 Å². The van der Waals surface area contributed by atoms with E-state index in [0.29, 0.717) is 10.7 Å². The van der Waals surface area contributed by atoms with Crippen molar-refractivity contribution in [3.8, 4) is 5.69 Å². The Bertz CT molecular complexity index is 576. The number of halogens is 1. The SMILES string of the molecule is Cc1cc(Br)cc(C)c1-n1c(N)n[nH]c1=S. The van der Waals surface area contributed by atoms with E-state index in [1.54, 1.807) is 4.57 Å². The van der Waals surface area contributed by atoms with Crippen LogP contribution < -0.4 is 5.73 Å². The van der Waals surface area contributed by atoms with Gasteiger partial charge in [0.05, 0.1) is 5.69 Å². The van der Waals surface area contributed by atoms with E-state index >= 15 is 0 Å². The molecule has 0 spiro atoms. The molecule has 0 radical (unpaired) electrons. The Kier molecular flexibility index (Phi) is 2.86. The van der Waals surface area contributed by atoms with Crippen molar-refractivity contribution in [3.63, 3.8) is 0 Å². The number of aromatic amines is 1. The summed E-state index contributed by atoms with van der Waals surface area (Å²) in [6.07, 6.45) is 0. The fraction of sp³-hybridized carbons (Fsp3) is 0.200. The number of nitrogen functional groups attached to an aromatic ring is 1. The number of H-pyrrole nitrogens is 1. The lowest BCUT2D eigenvalue weighted by Crippen LogP contribution is -2.05. The minimum atomic E-state index is 0.374. The molecule has 1 aromatic carbocycles. The van der Waals surface area contributed by atoms with Gasteiger partial charge in [0.2, 0.25) is 10.7 Å². The maximum absolute atomic E-state index is 5.79. The summed E-state index contributed by atoms with van der Waals surface area (Å²) in [5.74, 6) is 0.374. The molecule has 2 aromatic rings. The second kappa shape index (κ2) is 4.03. The number of nitrogens with one attached hydrogen (secondary N) is 1. The molecule has 2 rings (SSSR count). The van der Waals surface area contributed by atoms with E-state index in [9.17, 15) is 0 Å². The predicted octanol–water partition coefficient (Wildman–Crippen LogP) is 2.89. The number of aromatic nitrogens is 3. The normalized spacial score (nSPS) is 10.7. The number of rotatable bonds is 1. The van der Waals surface area contributed by atoms with Gasteiger partial charge in [-0.3, -0.25) is 4.57 Å². The number of hydrogen-bond donors (Lipinski definition) is 2. The van der Waals surface area contributed by atoms with Gasteiger partial charge in [0.1, 0.15) is 0 Å². The van der Waals surface area contributed by atoms with Gasteiger partial charge in [0.25, 0.3) is 0 Å². The molecule has 1 aromatic heterocycles. The second-order valence-electron chi connectivity index (χ2n) is 3.61. The molecule has 1 heterocycles. The fourth-order valence-corrected chi connectivity index (χ4v) is 2.70. The monoisotopic (exact) mass is 298 g/mol. The molecule has 0 saturated carbocycles. The minimum Gasteiger partial charge on any atom is -0.368 e. The molecular weight excluding hydrogens is 288 g/mol. The highest BCUT2D eigenvalue weighted by atomic mass is 79.9. The first-order valence-electron chi connectivity index (χ1n) is 4.70. The summed E-state index contributed by atoms with van der Waals surface area (Å²) in [7, 11) is 0. The van der Waals surface area contributed by atoms with E-state index in [4.69, 9.17) is 18.0 Å². The number of anilines is 1. The van der Waals surface area contributed by atoms with Crippen LogP contribution in [0.3, 0.4) is 0 Å². The number of aryl methyl sites for hydroxylation is 2. The zero-order valence-electron chi connectivity index (χ0n) is 8.91. The van der Waals surface area contributed by atoms with Crippen molar-refractivity contribution >= 4 is 34.1 Å². The van der Waals surface area contributed by atoms with Crippen molar-refractivity contribution in [2.45, 2.75) is 13.8 Å². The summed E-state index contributed by atoms with van der Waals surface area (Å²) in [6, 6.07) is 4.05.